The first-order valence-electron chi connectivity index (χ1n) is 9.90. The quantitative estimate of drug-likeness (QED) is 0.682. The number of benzene rings is 2. The zero-order valence-electron chi connectivity index (χ0n) is 17.2. The second kappa shape index (κ2) is 8.53. The molecule has 0 radical (unpaired) electrons. The van der Waals surface area contributed by atoms with Gasteiger partial charge in [0.05, 0.1) is 20.3 Å². The van der Waals surface area contributed by atoms with Crippen LogP contribution in [0.2, 0.25) is 0 Å². The van der Waals surface area contributed by atoms with Crippen molar-refractivity contribution in [3.63, 3.8) is 0 Å². The number of nitrogens with one attached hydrogen (secondary N) is 1. The zero-order chi connectivity index (χ0) is 20.2. The van der Waals surface area contributed by atoms with Crippen LogP contribution in [0.4, 0.5) is 5.82 Å². The molecule has 0 fully saturated rings. The Kier molecular flexibility index (Phi) is 5.67. The SMILES string of the molecule is CNc1ncccc1CN1CCc2cc(OC)c(OC)cc2[C@H]1c1ccccc1. The number of hydrogen-bond donors (Lipinski definition) is 1. The Morgan fingerprint density at radius 3 is 2.52 bits per heavy atom. The molecule has 1 aliphatic rings. The summed E-state index contributed by atoms with van der Waals surface area (Å²) in [5, 5.41) is 3.22. The second-order valence-electron chi connectivity index (χ2n) is 7.20. The highest BCUT2D eigenvalue weighted by atomic mass is 16.5. The predicted octanol–water partition coefficient (Wildman–Crippen LogP) is 4.29. The first-order valence-corrected chi connectivity index (χ1v) is 9.90. The number of pyridine rings is 1. The Balaban J connectivity index is 1.79. The molecule has 0 saturated carbocycles. The van der Waals surface area contributed by atoms with E-state index in [9.17, 15) is 0 Å². The molecule has 0 spiro atoms. The van der Waals surface area contributed by atoms with Crippen LogP contribution in [0.15, 0.2) is 60.8 Å². The first kappa shape index (κ1) is 19.3. The van der Waals surface area contributed by atoms with Crippen molar-refractivity contribution in [3.8, 4) is 11.5 Å². The topological polar surface area (TPSA) is 46.6 Å². The molecule has 1 atom stereocenters. The Bertz CT molecular complexity index is 975. The van der Waals surface area contributed by atoms with Crippen molar-refractivity contribution < 1.29 is 9.47 Å². The van der Waals surface area contributed by atoms with Gasteiger partial charge < -0.3 is 14.8 Å². The molecule has 0 aliphatic carbocycles. The Hall–Kier alpha value is -3.05. The normalized spacial score (nSPS) is 16.2. The molecular weight excluding hydrogens is 362 g/mol. The van der Waals surface area contributed by atoms with Crippen LogP contribution in [0.1, 0.15) is 28.3 Å². The van der Waals surface area contributed by atoms with Gasteiger partial charge >= 0.3 is 0 Å². The highest BCUT2D eigenvalue weighted by Gasteiger charge is 2.30. The minimum atomic E-state index is 0.143. The van der Waals surface area contributed by atoms with Gasteiger partial charge in [0.1, 0.15) is 5.82 Å². The van der Waals surface area contributed by atoms with Gasteiger partial charge in [-0.1, -0.05) is 36.4 Å². The van der Waals surface area contributed by atoms with Crippen molar-refractivity contribution in [1.82, 2.24) is 9.88 Å². The van der Waals surface area contributed by atoms with Crippen LogP contribution in [0.3, 0.4) is 0 Å². The van der Waals surface area contributed by atoms with E-state index in [1.807, 2.05) is 19.3 Å². The fraction of sp³-hybridized carbons (Fsp3) is 0.292. The van der Waals surface area contributed by atoms with Gasteiger partial charge in [-0.25, -0.2) is 4.98 Å². The van der Waals surface area contributed by atoms with Crippen LogP contribution < -0.4 is 14.8 Å². The van der Waals surface area contributed by atoms with Crippen LogP contribution in [0.5, 0.6) is 11.5 Å². The molecule has 0 bridgehead atoms. The molecule has 150 valence electrons. The number of ether oxygens (including phenoxy) is 2. The molecule has 4 rings (SSSR count). The summed E-state index contributed by atoms with van der Waals surface area (Å²) < 4.78 is 11.2. The Morgan fingerprint density at radius 1 is 1.03 bits per heavy atom. The van der Waals surface area contributed by atoms with Gasteiger partial charge in [0.2, 0.25) is 0 Å². The van der Waals surface area contributed by atoms with Crippen molar-refractivity contribution in [2.75, 3.05) is 33.1 Å². The summed E-state index contributed by atoms with van der Waals surface area (Å²) in [6.45, 7) is 1.78. The molecular formula is C24H27N3O2. The second-order valence-corrected chi connectivity index (χ2v) is 7.20. The molecule has 2 aromatic carbocycles. The van der Waals surface area contributed by atoms with E-state index in [1.54, 1.807) is 14.2 Å². The standard InChI is InChI=1S/C24H27N3O2/c1-25-24-19(10-7-12-26-24)16-27-13-11-18-14-21(28-2)22(29-3)15-20(18)23(27)17-8-5-4-6-9-17/h4-10,12,14-15,23H,11,13,16H2,1-3H3,(H,25,26)/t23-/m1/s1. The van der Waals surface area contributed by atoms with Crippen LogP contribution >= 0.6 is 0 Å². The van der Waals surface area contributed by atoms with E-state index in [2.05, 4.69) is 63.7 Å². The Labute approximate surface area is 172 Å². The summed E-state index contributed by atoms with van der Waals surface area (Å²) in [7, 11) is 5.30. The van der Waals surface area contributed by atoms with Crippen LogP contribution in [-0.2, 0) is 13.0 Å². The van der Waals surface area contributed by atoms with Crippen LogP contribution in [0.25, 0.3) is 0 Å². The molecule has 5 heteroatoms. The molecule has 1 N–H and O–H groups in total. The average Bonchev–Trinajstić information content (AvgIpc) is 2.78. The summed E-state index contributed by atoms with van der Waals surface area (Å²) in [6.07, 6.45) is 2.79. The lowest BCUT2D eigenvalue weighted by molar-refractivity contribution is 0.203. The largest absolute Gasteiger partial charge is 0.493 e. The predicted molar refractivity (Wildman–Crippen MR) is 116 cm³/mol. The summed E-state index contributed by atoms with van der Waals surface area (Å²) in [5.74, 6) is 2.49. The van der Waals surface area contributed by atoms with Gasteiger partial charge in [-0.15, -0.1) is 0 Å². The minimum absolute atomic E-state index is 0.143. The lowest BCUT2D eigenvalue weighted by Crippen LogP contribution is -2.36. The van der Waals surface area contributed by atoms with Crippen molar-refractivity contribution in [2.24, 2.45) is 0 Å². The van der Waals surface area contributed by atoms with Gasteiger partial charge in [-0.2, -0.15) is 0 Å². The summed E-state index contributed by atoms with van der Waals surface area (Å²) >= 11 is 0. The minimum Gasteiger partial charge on any atom is -0.493 e. The number of fused-ring (bicyclic) bond motifs is 1. The maximum Gasteiger partial charge on any atom is 0.161 e. The van der Waals surface area contributed by atoms with Gasteiger partial charge in [-0.05, 0) is 41.3 Å². The van der Waals surface area contributed by atoms with Gasteiger partial charge in [-0.3, -0.25) is 4.90 Å². The third kappa shape index (κ3) is 3.78. The van der Waals surface area contributed by atoms with Gasteiger partial charge in [0, 0.05) is 31.9 Å². The number of hydrogen-bond acceptors (Lipinski definition) is 5. The van der Waals surface area contributed by atoms with E-state index in [0.29, 0.717) is 0 Å². The van der Waals surface area contributed by atoms with Crippen molar-refractivity contribution in [2.45, 2.75) is 19.0 Å². The molecule has 29 heavy (non-hydrogen) atoms. The fourth-order valence-corrected chi connectivity index (χ4v) is 4.20. The van der Waals surface area contributed by atoms with E-state index in [0.717, 1.165) is 36.8 Å². The highest BCUT2D eigenvalue weighted by Crippen LogP contribution is 2.41. The van der Waals surface area contributed by atoms with Crippen molar-refractivity contribution in [3.05, 3.63) is 83.0 Å². The van der Waals surface area contributed by atoms with Gasteiger partial charge in [0.25, 0.3) is 0 Å². The molecule has 1 aromatic heterocycles. The maximum atomic E-state index is 5.61. The summed E-state index contributed by atoms with van der Waals surface area (Å²) in [5.41, 5.74) is 5.05. The molecule has 2 heterocycles. The van der Waals surface area contributed by atoms with Crippen LogP contribution in [-0.4, -0.2) is 37.7 Å². The zero-order valence-corrected chi connectivity index (χ0v) is 17.2. The van der Waals surface area contributed by atoms with E-state index >= 15 is 0 Å². The third-order valence-corrected chi connectivity index (χ3v) is 5.59. The lowest BCUT2D eigenvalue weighted by Gasteiger charge is -2.38. The molecule has 0 saturated heterocycles. The molecule has 0 amide bonds. The number of rotatable bonds is 6. The fourth-order valence-electron chi connectivity index (χ4n) is 4.20. The average molecular weight is 389 g/mol. The van der Waals surface area contributed by atoms with E-state index < -0.39 is 0 Å². The first-order chi connectivity index (χ1) is 14.2. The monoisotopic (exact) mass is 389 g/mol. The van der Waals surface area contributed by atoms with Crippen molar-refractivity contribution in [1.29, 1.82) is 0 Å². The van der Waals surface area contributed by atoms with Crippen LogP contribution in [0, 0.1) is 0 Å². The van der Waals surface area contributed by atoms with E-state index in [-0.39, 0.29) is 6.04 Å². The summed E-state index contributed by atoms with van der Waals surface area (Å²) in [6, 6.07) is 19.2. The number of nitrogens with zero attached hydrogens (tertiary/aromatic N) is 2. The summed E-state index contributed by atoms with van der Waals surface area (Å²) in [4.78, 5) is 7.00. The smallest absolute Gasteiger partial charge is 0.161 e. The Morgan fingerprint density at radius 2 is 1.79 bits per heavy atom. The molecule has 3 aromatic rings. The maximum absolute atomic E-state index is 5.61. The number of anilines is 1. The lowest BCUT2D eigenvalue weighted by atomic mass is 9.87. The molecule has 1 aliphatic heterocycles. The van der Waals surface area contributed by atoms with E-state index in [1.165, 1.54) is 22.3 Å². The molecule has 0 unspecified atom stereocenters. The van der Waals surface area contributed by atoms with Crippen molar-refractivity contribution >= 4 is 5.82 Å². The van der Waals surface area contributed by atoms with Gasteiger partial charge in [0.15, 0.2) is 11.5 Å². The third-order valence-electron chi connectivity index (χ3n) is 5.59. The van der Waals surface area contributed by atoms with E-state index in [4.69, 9.17) is 9.47 Å². The number of methoxy groups -OCH3 is 2. The highest BCUT2D eigenvalue weighted by molar-refractivity contribution is 5.52. The molecule has 5 nitrogen and oxygen atoms in total. The number of aromatic nitrogens is 1.